The molecular formula is C14H13BrFNO4S. The topological polar surface area (TPSA) is 64.6 Å². The van der Waals surface area contributed by atoms with E-state index in [1.165, 1.54) is 38.5 Å². The fourth-order valence-corrected chi connectivity index (χ4v) is 3.25. The van der Waals surface area contributed by atoms with Gasteiger partial charge in [0.15, 0.2) is 11.5 Å². The highest BCUT2D eigenvalue weighted by Crippen LogP contribution is 2.31. The van der Waals surface area contributed by atoms with Crippen LogP contribution in [-0.4, -0.2) is 22.6 Å². The quantitative estimate of drug-likeness (QED) is 0.850. The van der Waals surface area contributed by atoms with E-state index in [0.717, 1.165) is 6.07 Å². The lowest BCUT2D eigenvalue weighted by atomic mass is 10.3. The molecule has 0 aliphatic carbocycles. The van der Waals surface area contributed by atoms with E-state index in [2.05, 4.69) is 20.7 Å². The molecule has 0 unspecified atom stereocenters. The van der Waals surface area contributed by atoms with E-state index >= 15 is 0 Å². The molecule has 5 nitrogen and oxygen atoms in total. The van der Waals surface area contributed by atoms with E-state index in [1.54, 1.807) is 6.07 Å². The first-order chi connectivity index (χ1) is 10.4. The zero-order chi connectivity index (χ0) is 16.3. The summed E-state index contributed by atoms with van der Waals surface area (Å²) in [7, 11) is -1.14. The van der Waals surface area contributed by atoms with E-state index in [1.807, 2.05) is 0 Å². The number of sulfonamides is 1. The van der Waals surface area contributed by atoms with Crippen molar-refractivity contribution < 1.29 is 22.3 Å². The number of ether oxygens (including phenoxy) is 2. The zero-order valence-corrected chi connectivity index (χ0v) is 14.2. The van der Waals surface area contributed by atoms with Crippen LogP contribution in [0, 0.1) is 5.82 Å². The van der Waals surface area contributed by atoms with Crippen LogP contribution in [0.1, 0.15) is 0 Å². The number of methoxy groups -OCH3 is 2. The molecule has 0 amide bonds. The second-order valence-corrected chi connectivity index (χ2v) is 6.82. The van der Waals surface area contributed by atoms with Crippen LogP contribution in [0.2, 0.25) is 0 Å². The maximum absolute atomic E-state index is 13.8. The summed E-state index contributed by atoms with van der Waals surface area (Å²) < 4.78 is 51.2. The summed E-state index contributed by atoms with van der Waals surface area (Å²) in [5.41, 5.74) is 0.236. The van der Waals surface area contributed by atoms with Gasteiger partial charge in [-0.25, -0.2) is 12.8 Å². The largest absolute Gasteiger partial charge is 0.493 e. The molecule has 0 aliphatic rings. The van der Waals surface area contributed by atoms with Crippen LogP contribution in [-0.2, 0) is 10.0 Å². The molecule has 118 valence electrons. The van der Waals surface area contributed by atoms with Gasteiger partial charge in [0, 0.05) is 10.5 Å². The lowest BCUT2D eigenvalue weighted by Crippen LogP contribution is -2.14. The molecule has 0 aliphatic heterocycles. The van der Waals surface area contributed by atoms with Crippen LogP contribution in [0.5, 0.6) is 11.5 Å². The second-order valence-electron chi connectivity index (χ2n) is 4.25. The molecule has 2 rings (SSSR count). The van der Waals surface area contributed by atoms with Gasteiger partial charge in [0.1, 0.15) is 10.7 Å². The van der Waals surface area contributed by atoms with Gasteiger partial charge in [-0.1, -0.05) is 15.9 Å². The molecule has 0 saturated heterocycles. The lowest BCUT2D eigenvalue weighted by molar-refractivity contribution is 0.355. The summed E-state index contributed by atoms with van der Waals surface area (Å²) in [4.78, 5) is -0.439. The maximum atomic E-state index is 13.8. The number of halogens is 2. The number of hydrogen-bond donors (Lipinski definition) is 1. The molecule has 0 saturated carbocycles. The van der Waals surface area contributed by atoms with Crippen LogP contribution < -0.4 is 14.2 Å². The Labute approximate surface area is 136 Å². The number of hydrogen-bond acceptors (Lipinski definition) is 4. The predicted molar refractivity (Wildman–Crippen MR) is 84.5 cm³/mol. The Balaban J connectivity index is 2.36. The van der Waals surface area contributed by atoms with Gasteiger partial charge in [0.2, 0.25) is 0 Å². The molecule has 0 atom stereocenters. The number of anilines is 1. The SMILES string of the molecule is COc1ccc(NS(=O)(=O)c2ccc(Br)cc2F)cc1OC. The van der Waals surface area contributed by atoms with Crippen molar-refractivity contribution in [2.45, 2.75) is 4.90 Å². The smallest absolute Gasteiger partial charge is 0.264 e. The Morgan fingerprint density at radius 3 is 2.32 bits per heavy atom. The van der Waals surface area contributed by atoms with Crippen molar-refractivity contribution in [2.75, 3.05) is 18.9 Å². The summed E-state index contributed by atoms with van der Waals surface area (Å²) in [5.74, 6) is -0.0263. The number of rotatable bonds is 5. The minimum atomic E-state index is -4.05. The molecule has 0 aromatic heterocycles. The molecule has 0 fully saturated rings. The van der Waals surface area contributed by atoms with Crippen molar-refractivity contribution in [3.63, 3.8) is 0 Å². The summed E-state index contributed by atoms with van der Waals surface area (Å²) >= 11 is 3.08. The fourth-order valence-electron chi connectivity index (χ4n) is 1.80. The molecular weight excluding hydrogens is 377 g/mol. The number of nitrogens with one attached hydrogen (secondary N) is 1. The van der Waals surface area contributed by atoms with E-state index < -0.39 is 20.7 Å². The Kier molecular flexibility index (Phi) is 4.92. The number of benzene rings is 2. The molecule has 22 heavy (non-hydrogen) atoms. The first kappa shape index (κ1) is 16.6. The van der Waals surface area contributed by atoms with Crippen LogP contribution >= 0.6 is 15.9 Å². The minimum Gasteiger partial charge on any atom is -0.493 e. The van der Waals surface area contributed by atoms with Crippen molar-refractivity contribution >= 4 is 31.6 Å². The first-order valence-electron chi connectivity index (χ1n) is 6.07. The second kappa shape index (κ2) is 6.53. The minimum absolute atomic E-state index is 0.236. The Bertz CT molecular complexity index is 795. The first-order valence-corrected chi connectivity index (χ1v) is 8.35. The van der Waals surface area contributed by atoms with E-state index in [0.29, 0.717) is 16.0 Å². The summed E-state index contributed by atoms with van der Waals surface area (Å²) in [6.45, 7) is 0. The fraction of sp³-hybridized carbons (Fsp3) is 0.143. The molecule has 2 aromatic carbocycles. The Morgan fingerprint density at radius 2 is 1.73 bits per heavy atom. The molecule has 8 heteroatoms. The predicted octanol–water partition coefficient (Wildman–Crippen LogP) is 3.41. The monoisotopic (exact) mass is 389 g/mol. The van der Waals surface area contributed by atoms with Gasteiger partial charge in [0.05, 0.1) is 19.9 Å². The zero-order valence-electron chi connectivity index (χ0n) is 11.8. The van der Waals surface area contributed by atoms with Crippen LogP contribution in [0.4, 0.5) is 10.1 Å². The van der Waals surface area contributed by atoms with Gasteiger partial charge in [0.25, 0.3) is 10.0 Å². The summed E-state index contributed by atoms with van der Waals surface area (Å²) in [6, 6.07) is 8.22. The molecule has 0 heterocycles. The van der Waals surface area contributed by atoms with Gasteiger partial charge in [-0.2, -0.15) is 0 Å². The maximum Gasteiger partial charge on any atom is 0.264 e. The Hall–Kier alpha value is -1.80. The third-order valence-corrected chi connectivity index (χ3v) is 4.73. The van der Waals surface area contributed by atoms with Gasteiger partial charge in [-0.15, -0.1) is 0 Å². The van der Waals surface area contributed by atoms with Crippen molar-refractivity contribution in [3.05, 3.63) is 46.7 Å². The molecule has 0 spiro atoms. The van der Waals surface area contributed by atoms with Gasteiger partial charge < -0.3 is 9.47 Å². The standard InChI is InChI=1S/C14H13BrFNO4S/c1-20-12-5-4-10(8-13(12)21-2)17-22(18,19)14-6-3-9(15)7-11(14)16/h3-8,17H,1-2H3. The van der Waals surface area contributed by atoms with Crippen molar-refractivity contribution in [3.8, 4) is 11.5 Å². The van der Waals surface area contributed by atoms with E-state index in [4.69, 9.17) is 9.47 Å². The van der Waals surface area contributed by atoms with E-state index in [-0.39, 0.29) is 5.69 Å². The van der Waals surface area contributed by atoms with Crippen LogP contribution in [0.15, 0.2) is 45.8 Å². The molecule has 2 aromatic rings. The van der Waals surface area contributed by atoms with Crippen LogP contribution in [0.25, 0.3) is 0 Å². The molecule has 0 bridgehead atoms. The van der Waals surface area contributed by atoms with Gasteiger partial charge in [-0.3, -0.25) is 4.72 Å². The average Bonchev–Trinajstić information content (AvgIpc) is 2.46. The highest BCUT2D eigenvalue weighted by atomic mass is 79.9. The lowest BCUT2D eigenvalue weighted by Gasteiger charge is -2.12. The highest BCUT2D eigenvalue weighted by Gasteiger charge is 2.20. The summed E-state index contributed by atoms with van der Waals surface area (Å²) in [5, 5.41) is 0. The van der Waals surface area contributed by atoms with Crippen molar-refractivity contribution in [1.29, 1.82) is 0 Å². The van der Waals surface area contributed by atoms with Crippen LogP contribution in [0.3, 0.4) is 0 Å². The van der Waals surface area contributed by atoms with Crippen molar-refractivity contribution in [1.82, 2.24) is 0 Å². The molecule has 0 radical (unpaired) electrons. The van der Waals surface area contributed by atoms with Gasteiger partial charge in [-0.05, 0) is 30.3 Å². The third kappa shape index (κ3) is 3.50. The highest BCUT2D eigenvalue weighted by molar-refractivity contribution is 9.10. The Morgan fingerprint density at radius 1 is 1.05 bits per heavy atom. The van der Waals surface area contributed by atoms with Crippen molar-refractivity contribution in [2.24, 2.45) is 0 Å². The third-order valence-electron chi connectivity index (χ3n) is 2.82. The summed E-state index contributed by atoms with van der Waals surface area (Å²) in [6.07, 6.45) is 0. The average molecular weight is 390 g/mol. The molecule has 1 N–H and O–H groups in total. The van der Waals surface area contributed by atoms with Gasteiger partial charge >= 0.3 is 0 Å². The normalized spacial score (nSPS) is 11.1. The van der Waals surface area contributed by atoms with E-state index in [9.17, 15) is 12.8 Å².